The summed E-state index contributed by atoms with van der Waals surface area (Å²) >= 11 is 0. The van der Waals surface area contributed by atoms with Crippen LogP contribution in [0.25, 0.3) is 28.0 Å². The van der Waals surface area contributed by atoms with E-state index in [2.05, 4.69) is 71.8 Å². The summed E-state index contributed by atoms with van der Waals surface area (Å²) in [5.41, 5.74) is 8.82. The van der Waals surface area contributed by atoms with Gasteiger partial charge >= 0.3 is 0 Å². The number of piperazine rings is 1. The molecule has 41 heavy (non-hydrogen) atoms. The molecule has 0 N–H and O–H groups in total. The minimum absolute atomic E-state index is 0.211. The summed E-state index contributed by atoms with van der Waals surface area (Å²) in [6.45, 7) is 6.97. The SMILES string of the molecule is COc1ccccc1S(=O)(=O)N1CCN(Cc2c(-c3ccccc3)nc3ccc(-c4cc(C)ccc4C)cn23)CC1. The van der Waals surface area contributed by atoms with Crippen LogP contribution in [0.3, 0.4) is 0 Å². The van der Waals surface area contributed by atoms with Crippen molar-refractivity contribution in [2.24, 2.45) is 0 Å². The molecule has 0 unspecified atom stereocenters. The molecule has 0 saturated carbocycles. The highest BCUT2D eigenvalue weighted by molar-refractivity contribution is 7.89. The maximum atomic E-state index is 13.4. The van der Waals surface area contributed by atoms with Crippen LogP contribution in [0.4, 0.5) is 0 Å². The van der Waals surface area contributed by atoms with Crippen LogP contribution in [0, 0.1) is 13.8 Å². The zero-order valence-corrected chi connectivity index (χ0v) is 24.4. The molecule has 1 fully saturated rings. The molecule has 210 valence electrons. The maximum absolute atomic E-state index is 13.4. The number of rotatable bonds is 7. The van der Waals surface area contributed by atoms with E-state index < -0.39 is 10.0 Å². The third-order valence-corrected chi connectivity index (χ3v) is 9.80. The first-order valence-electron chi connectivity index (χ1n) is 13.8. The Labute approximate surface area is 241 Å². The van der Waals surface area contributed by atoms with Gasteiger partial charge in [-0.15, -0.1) is 0 Å². The topological polar surface area (TPSA) is 67.2 Å². The summed E-state index contributed by atoms with van der Waals surface area (Å²) in [7, 11) is -2.16. The first-order valence-corrected chi connectivity index (χ1v) is 15.3. The molecule has 2 aromatic heterocycles. The first kappa shape index (κ1) is 27.2. The van der Waals surface area contributed by atoms with Crippen molar-refractivity contribution in [3.05, 3.63) is 108 Å². The Morgan fingerprint density at radius 2 is 1.56 bits per heavy atom. The van der Waals surface area contributed by atoms with Crippen LogP contribution in [0.5, 0.6) is 5.75 Å². The first-order chi connectivity index (χ1) is 19.8. The van der Waals surface area contributed by atoms with Gasteiger partial charge in [-0.1, -0.05) is 66.2 Å². The van der Waals surface area contributed by atoms with Gasteiger partial charge < -0.3 is 9.14 Å². The second kappa shape index (κ2) is 11.1. The molecule has 3 heterocycles. The van der Waals surface area contributed by atoms with Crippen LogP contribution in [-0.2, 0) is 16.6 Å². The lowest BCUT2D eigenvalue weighted by atomic mass is 10.00. The van der Waals surface area contributed by atoms with Gasteiger partial charge in [0.1, 0.15) is 16.3 Å². The molecule has 0 bridgehead atoms. The summed E-state index contributed by atoms with van der Waals surface area (Å²) < 4.78 is 36.0. The largest absolute Gasteiger partial charge is 0.495 e. The number of nitrogens with zero attached hydrogens (tertiary/aromatic N) is 4. The molecule has 0 aliphatic carbocycles. The van der Waals surface area contributed by atoms with E-state index >= 15 is 0 Å². The molecular weight excluding hydrogens is 532 g/mol. The van der Waals surface area contributed by atoms with E-state index in [-0.39, 0.29) is 4.90 Å². The van der Waals surface area contributed by atoms with E-state index in [1.807, 2.05) is 18.2 Å². The Morgan fingerprint density at radius 1 is 0.829 bits per heavy atom. The Morgan fingerprint density at radius 3 is 2.32 bits per heavy atom. The number of imidazole rings is 1. The van der Waals surface area contributed by atoms with Crippen LogP contribution in [0.15, 0.2) is 96.0 Å². The third kappa shape index (κ3) is 5.26. The predicted molar refractivity (Wildman–Crippen MR) is 163 cm³/mol. The second-order valence-electron chi connectivity index (χ2n) is 10.6. The number of methoxy groups -OCH3 is 1. The molecule has 0 spiro atoms. The Balaban J connectivity index is 1.32. The average Bonchev–Trinajstić information content (AvgIpc) is 3.36. The van der Waals surface area contributed by atoms with Crippen molar-refractivity contribution in [2.75, 3.05) is 33.3 Å². The highest BCUT2D eigenvalue weighted by Crippen LogP contribution is 2.31. The molecule has 1 saturated heterocycles. The monoisotopic (exact) mass is 566 g/mol. The Hall–Kier alpha value is -3.98. The van der Waals surface area contributed by atoms with Crippen molar-refractivity contribution in [1.29, 1.82) is 0 Å². The highest BCUT2D eigenvalue weighted by Gasteiger charge is 2.31. The van der Waals surface area contributed by atoms with Gasteiger partial charge in [-0.2, -0.15) is 4.31 Å². The number of fused-ring (bicyclic) bond motifs is 1. The number of hydrogen-bond donors (Lipinski definition) is 0. The summed E-state index contributed by atoms with van der Waals surface area (Å²) in [5.74, 6) is 0.368. The molecule has 0 radical (unpaired) electrons. The number of aryl methyl sites for hydroxylation is 2. The lowest BCUT2D eigenvalue weighted by Crippen LogP contribution is -2.48. The van der Waals surface area contributed by atoms with Crippen LogP contribution in [0.2, 0.25) is 0 Å². The molecule has 0 amide bonds. The minimum atomic E-state index is -3.66. The summed E-state index contributed by atoms with van der Waals surface area (Å²) in [6, 6.07) is 27.8. The molecule has 1 aliphatic heterocycles. The quantitative estimate of drug-likeness (QED) is 0.249. The lowest BCUT2D eigenvalue weighted by molar-refractivity contribution is 0.179. The number of aromatic nitrogens is 2. The zero-order valence-electron chi connectivity index (χ0n) is 23.6. The molecule has 7 nitrogen and oxygen atoms in total. The van der Waals surface area contributed by atoms with Gasteiger partial charge in [0.15, 0.2) is 0 Å². The van der Waals surface area contributed by atoms with Gasteiger partial charge in [0.05, 0.1) is 18.5 Å². The Kier molecular flexibility index (Phi) is 7.38. The van der Waals surface area contributed by atoms with Crippen LogP contribution in [-0.4, -0.2) is 60.3 Å². The normalized spacial score (nSPS) is 14.9. The lowest BCUT2D eigenvalue weighted by Gasteiger charge is -2.34. The van der Waals surface area contributed by atoms with Crippen LogP contribution in [0.1, 0.15) is 16.8 Å². The van der Waals surface area contributed by atoms with Gasteiger partial charge in [0.2, 0.25) is 10.0 Å². The van der Waals surface area contributed by atoms with Gasteiger partial charge in [-0.25, -0.2) is 13.4 Å². The zero-order chi connectivity index (χ0) is 28.6. The summed E-state index contributed by atoms with van der Waals surface area (Å²) in [6.07, 6.45) is 2.19. The van der Waals surface area contributed by atoms with Gasteiger partial charge in [-0.3, -0.25) is 4.90 Å². The molecule has 5 aromatic rings. The number of ether oxygens (including phenoxy) is 1. The van der Waals surface area contributed by atoms with E-state index in [9.17, 15) is 8.42 Å². The van der Waals surface area contributed by atoms with Gasteiger partial charge in [0.25, 0.3) is 0 Å². The summed E-state index contributed by atoms with van der Waals surface area (Å²) in [4.78, 5) is 7.58. The molecule has 0 atom stereocenters. The van der Waals surface area contributed by atoms with E-state index in [1.54, 1.807) is 28.6 Å². The number of para-hydroxylation sites is 1. The Bertz CT molecular complexity index is 1810. The molecule has 1 aliphatic rings. The highest BCUT2D eigenvalue weighted by atomic mass is 32.2. The number of sulfonamides is 1. The number of pyridine rings is 1. The smallest absolute Gasteiger partial charge is 0.246 e. The molecule has 8 heteroatoms. The molecule has 6 rings (SSSR count). The second-order valence-corrected chi connectivity index (χ2v) is 12.5. The summed E-state index contributed by atoms with van der Waals surface area (Å²) in [5, 5.41) is 0. The number of benzene rings is 3. The van der Waals surface area contributed by atoms with Crippen molar-refractivity contribution < 1.29 is 13.2 Å². The standard InChI is InChI=1S/C33H34N4O3S/c1-24-13-14-25(2)28(21-24)27-15-16-32-34-33(26-9-5-4-6-10-26)29(37(32)22-27)23-35-17-19-36(20-18-35)41(38,39)31-12-8-7-11-30(31)40-3/h4-16,21-22H,17-20,23H2,1-3H3. The predicted octanol–water partition coefficient (Wildman–Crippen LogP) is 5.80. The van der Waals surface area contributed by atoms with Crippen molar-refractivity contribution in [1.82, 2.24) is 18.6 Å². The maximum Gasteiger partial charge on any atom is 0.246 e. The van der Waals surface area contributed by atoms with E-state index in [1.165, 1.54) is 23.8 Å². The van der Waals surface area contributed by atoms with Crippen molar-refractivity contribution in [3.63, 3.8) is 0 Å². The van der Waals surface area contributed by atoms with Crippen LogP contribution >= 0.6 is 0 Å². The molecular formula is C33H34N4O3S. The van der Waals surface area contributed by atoms with Gasteiger partial charge in [-0.05, 0) is 54.8 Å². The van der Waals surface area contributed by atoms with Crippen molar-refractivity contribution in [2.45, 2.75) is 25.3 Å². The van der Waals surface area contributed by atoms with E-state index in [4.69, 9.17) is 9.72 Å². The third-order valence-electron chi connectivity index (χ3n) is 7.86. The average molecular weight is 567 g/mol. The van der Waals surface area contributed by atoms with E-state index in [0.29, 0.717) is 38.5 Å². The fourth-order valence-corrected chi connectivity index (χ4v) is 7.17. The fraction of sp³-hybridized carbons (Fsp3) is 0.242. The van der Waals surface area contributed by atoms with Gasteiger partial charge in [0, 0.05) is 44.5 Å². The van der Waals surface area contributed by atoms with Crippen molar-refractivity contribution in [3.8, 4) is 28.1 Å². The molecule has 3 aromatic carbocycles. The fourth-order valence-electron chi connectivity index (χ4n) is 5.59. The van der Waals surface area contributed by atoms with Crippen molar-refractivity contribution >= 4 is 15.7 Å². The van der Waals surface area contributed by atoms with Crippen LogP contribution < -0.4 is 4.74 Å². The van der Waals surface area contributed by atoms with E-state index in [0.717, 1.165) is 28.2 Å². The minimum Gasteiger partial charge on any atom is -0.495 e. The number of hydrogen-bond acceptors (Lipinski definition) is 5.